The summed E-state index contributed by atoms with van der Waals surface area (Å²) in [5.74, 6) is -1.41. The summed E-state index contributed by atoms with van der Waals surface area (Å²) in [6, 6.07) is 16.8. The van der Waals surface area contributed by atoms with Gasteiger partial charge in [0.15, 0.2) is 5.03 Å². The molecule has 0 amide bonds. The van der Waals surface area contributed by atoms with E-state index in [0.717, 1.165) is 49.8 Å². The van der Waals surface area contributed by atoms with Gasteiger partial charge in [0, 0.05) is 24.7 Å². The smallest absolute Gasteiger partial charge is 0.416 e. The van der Waals surface area contributed by atoms with Crippen molar-refractivity contribution in [2.24, 2.45) is 0 Å². The zero-order valence-electron chi connectivity index (χ0n) is 22.8. The van der Waals surface area contributed by atoms with E-state index in [1.54, 1.807) is 12.1 Å². The number of sulfonamides is 1. The molecule has 7 nitrogen and oxygen atoms in total. The highest BCUT2D eigenvalue weighted by molar-refractivity contribution is 7.89. The first-order valence-corrected chi connectivity index (χ1v) is 15.0. The molecule has 3 aromatic carbocycles. The van der Waals surface area contributed by atoms with Crippen molar-refractivity contribution in [1.29, 1.82) is 0 Å². The standard InChI is InChI=1S/C31H29F3N2O5S/c1-2-3-6-15-35-19-26(30(38)39)36-27(37)18-23(16-21-11-7-10-20-9-4-5-14-25(20)21)28(29(36)42(35,40)41)22-12-8-13-24(17-22)31(32,33)34/h4-5,7-14,17-18,26H,2-3,6,15-16,19H2,1H3,(H,38,39)/t26-/m0/s1. The summed E-state index contributed by atoms with van der Waals surface area (Å²) in [6.45, 7) is 1.49. The first kappa shape index (κ1) is 29.5. The number of pyridine rings is 1. The molecule has 0 fully saturated rings. The molecule has 0 saturated heterocycles. The van der Waals surface area contributed by atoms with E-state index in [1.807, 2.05) is 37.3 Å². The summed E-state index contributed by atoms with van der Waals surface area (Å²) < 4.78 is 71.5. The Morgan fingerprint density at radius 3 is 2.40 bits per heavy atom. The van der Waals surface area contributed by atoms with Gasteiger partial charge < -0.3 is 5.11 Å². The van der Waals surface area contributed by atoms with Crippen molar-refractivity contribution in [3.63, 3.8) is 0 Å². The average Bonchev–Trinajstić information content (AvgIpc) is 2.94. The fourth-order valence-corrected chi connectivity index (χ4v) is 7.51. The van der Waals surface area contributed by atoms with E-state index < -0.39 is 50.9 Å². The number of hydrogen-bond donors (Lipinski definition) is 1. The Labute approximate surface area is 240 Å². The third-order valence-corrected chi connectivity index (χ3v) is 9.50. The minimum absolute atomic E-state index is 0.0176. The summed E-state index contributed by atoms with van der Waals surface area (Å²) in [7, 11) is -4.48. The maximum absolute atomic E-state index is 14.2. The van der Waals surface area contributed by atoms with Crippen molar-refractivity contribution in [3.05, 3.63) is 99.8 Å². The molecule has 0 saturated carbocycles. The van der Waals surface area contributed by atoms with Crippen LogP contribution in [-0.2, 0) is 27.4 Å². The second-order valence-electron chi connectivity index (χ2n) is 10.4. The van der Waals surface area contributed by atoms with Gasteiger partial charge in [0.25, 0.3) is 15.6 Å². The molecule has 1 aliphatic rings. The average molecular weight is 599 g/mol. The summed E-state index contributed by atoms with van der Waals surface area (Å²) in [4.78, 5) is 25.9. The van der Waals surface area contributed by atoms with Crippen LogP contribution in [0.15, 0.2) is 82.6 Å². The molecule has 0 unspecified atom stereocenters. The van der Waals surface area contributed by atoms with Crippen LogP contribution in [0.1, 0.15) is 48.9 Å². The van der Waals surface area contributed by atoms with Crippen LogP contribution in [0.5, 0.6) is 0 Å². The summed E-state index contributed by atoms with van der Waals surface area (Å²) >= 11 is 0. The van der Waals surface area contributed by atoms with Gasteiger partial charge in [-0.3, -0.25) is 9.36 Å². The van der Waals surface area contributed by atoms with Crippen LogP contribution in [0.25, 0.3) is 21.9 Å². The number of carboxylic acids is 1. The molecular formula is C31H29F3N2O5S. The number of aromatic nitrogens is 1. The van der Waals surface area contributed by atoms with Crippen LogP contribution in [0.3, 0.4) is 0 Å². The predicted octanol–water partition coefficient (Wildman–Crippen LogP) is 6.10. The molecule has 42 heavy (non-hydrogen) atoms. The van der Waals surface area contributed by atoms with E-state index in [1.165, 1.54) is 12.1 Å². The molecule has 5 rings (SSSR count). The van der Waals surface area contributed by atoms with E-state index in [0.29, 0.717) is 12.8 Å². The van der Waals surface area contributed by atoms with Crippen molar-refractivity contribution in [3.8, 4) is 11.1 Å². The number of fused-ring (bicyclic) bond motifs is 2. The van der Waals surface area contributed by atoms with Crippen molar-refractivity contribution in [1.82, 2.24) is 8.87 Å². The number of rotatable bonds is 8. The quantitative estimate of drug-likeness (QED) is 0.247. The minimum Gasteiger partial charge on any atom is -0.480 e. The largest absolute Gasteiger partial charge is 0.480 e. The molecule has 11 heteroatoms. The van der Waals surface area contributed by atoms with Crippen molar-refractivity contribution < 1.29 is 31.5 Å². The first-order valence-electron chi connectivity index (χ1n) is 13.6. The van der Waals surface area contributed by atoms with Gasteiger partial charge in [-0.2, -0.15) is 17.5 Å². The maximum Gasteiger partial charge on any atom is 0.416 e. The molecule has 2 heterocycles. The van der Waals surface area contributed by atoms with Crippen LogP contribution in [0, 0.1) is 0 Å². The fourth-order valence-electron chi connectivity index (χ4n) is 5.58. The van der Waals surface area contributed by atoms with Gasteiger partial charge in [0.05, 0.1) is 5.56 Å². The lowest BCUT2D eigenvalue weighted by Crippen LogP contribution is -2.49. The van der Waals surface area contributed by atoms with Gasteiger partial charge in [-0.1, -0.05) is 74.4 Å². The van der Waals surface area contributed by atoms with Crippen LogP contribution in [0.2, 0.25) is 0 Å². The van der Waals surface area contributed by atoms with Gasteiger partial charge in [-0.25, -0.2) is 13.2 Å². The number of benzene rings is 3. The number of alkyl halides is 3. The van der Waals surface area contributed by atoms with Gasteiger partial charge in [-0.15, -0.1) is 0 Å². The van der Waals surface area contributed by atoms with Gasteiger partial charge in [0.1, 0.15) is 6.04 Å². The highest BCUT2D eigenvalue weighted by atomic mass is 32.2. The fraction of sp³-hybridized carbons (Fsp3) is 0.290. The molecule has 4 aromatic rings. The van der Waals surface area contributed by atoms with Crippen LogP contribution >= 0.6 is 0 Å². The van der Waals surface area contributed by atoms with E-state index in [2.05, 4.69) is 0 Å². The number of hydrogen-bond acceptors (Lipinski definition) is 4. The highest BCUT2D eigenvalue weighted by Crippen LogP contribution is 2.40. The maximum atomic E-state index is 14.2. The number of nitrogens with zero attached hydrogens (tertiary/aromatic N) is 2. The molecular weight excluding hydrogens is 569 g/mol. The lowest BCUT2D eigenvalue weighted by molar-refractivity contribution is -0.141. The summed E-state index contributed by atoms with van der Waals surface area (Å²) in [6.07, 6.45) is -2.75. The number of carboxylic acid groups (broad SMARTS) is 1. The second kappa shape index (κ2) is 11.4. The molecule has 1 atom stereocenters. The topological polar surface area (TPSA) is 96.7 Å². The van der Waals surface area contributed by atoms with Crippen molar-refractivity contribution in [2.45, 2.75) is 49.9 Å². The normalized spacial score (nSPS) is 16.8. The third kappa shape index (κ3) is 5.46. The summed E-state index contributed by atoms with van der Waals surface area (Å²) in [5, 5.41) is 11.2. The Balaban J connectivity index is 1.84. The Kier molecular flexibility index (Phi) is 8.00. The zero-order valence-corrected chi connectivity index (χ0v) is 23.6. The van der Waals surface area contributed by atoms with Crippen LogP contribution in [-0.4, -0.2) is 41.5 Å². The zero-order chi connectivity index (χ0) is 30.2. The lowest BCUT2D eigenvalue weighted by atomic mass is 9.93. The molecule has 1 aliphatic heterocycles. The molecule has 0 spiro atoms. The molecule has 0 aliphatic carbocycles. The number of carbonyl (C=O) groups is 1. The molecule has 1 aromatic heterocycles. The SMILES string of the molecule is CCCCCN1C[C@@H](C(=O)O)n2c(c(-c3cccc(C(F)(F)F)c3)c(Cc3cccc4ccccc34)cc2=O)S1(=O)=O. The monoisotopic (exact) mass is 598 g/mol. The molecule has 220 valence electrons. The lowest BCUT2D eigenvalue weighted by Gasteiger charge is -2.35. The van der Waals surface area contributed by atoms with E-state index in [9.17, 15) is 36.3 Å². The van der Waals surface area contributed by atoms with E-state index >= 15 is 0 Å². The molecule has 0 bridgehead atoms. The van der Waals surface area contributed by atoms with E-state index in [-0.39, 0.29) is 29.7 Å². The van der Waals surface area contributed by atoms with E-state index in [4.69, 9.17) is 0 Å². The minimum atomic E-state index is -4.72. The second-order valence-corrected chi connectivity index (χ2v) is 12.2. The third-order valence-electron chi connectivity index (χ3n) is 7.60. The number of halogens is 3. The Hall–Kier alpha value is -3.96. The number of unbranched alkanes of at least 4 members (excludes halogenated alkanes) is 2. The summed E-state index contributed by atoms with van der Waals surface area (Å²) in [5.41, 5.74) is -1.12. The van der Waals surface area contributed by atoms with Crippen molar-refractivity contribution >= 4 is 26.8 Å². The Bertz CT molecular complexity index is 1830. The molecule has 0 radical (unpaired) electrons. The Morgan fingerprint density at radius 2 is 1.69 bits per heavy atom. The Morgan fingerprint density at radius 1 is 0.976 bits per heavy atom. The van der Waals surface area contributed by atoms with Gasteiger partial charge in [-0.05, 0) is 52.4 Å². The predicted molar refractivity (Wildman–Crippen MR) is 153 cm³/mol. The first-order chi connectivity index (χ1) is 19.9. The highest BCUT2D eigenvalue weighted by Gasteiger charge is 2.43. The molecule has 1 N–H and O–H groups in total. The van der Waals surface area contributed by atoms with Crippen LogP contribution in [0.4, 0.5) is 13.2 Å². The van der Waals surface area contributed by atoms with Crippen molar-refractivity contribution in [2.75, 3.05) is 13.1 Å². The van der Waals surface area contributed by atoms with Crippen LogP contribution < -0.4 is 5.56 Å². The van der Waals surface area contributed by atoms with Gasteiger partial charge >= 0.3 is 12.1 Å². The van der Waals surface area contributed by atoms with Gasteiger partial charge in [0.2, 0.25) is 0 Å². The number of aliphatic carboxylic acids is 1.